The van der Waals surface area contributed by atoms with Gasteiger partial charge in [0, 0.05) is 6.04 Å². The smallest absolute Gasteiger partial charge is 0.335 e. The molecule has 0 spiro atoms. The summed E-state index contributed by atoms with van der Waals surface area (Å²) in [6.07, 6.45) is -0.164. The van der Waals surface area contributed by atoms with E-state index < -0.39 is 32.7 Å². The molecule has 9 heteroatoms. The number of halogens is 3. The second-order valence-electron chi connectivity index (χ2n) is 5.44. The molecule has 0 bridgehead atoms. The van der Waals surface area contributed by atoms with E-state index in [0.717, 1.165) is 50.3 Å². The van der Waals surface area contributed by atoms with Gasteiger partial charge < -0.3 is 5.32 Å². The topological polar surface area (TPSA) is 75.3 Å². The zero-order valence-electron chi connectivity index (χ0n) is 12.2. The van der Waals surface area contributed by atoms with Crippen molar-refractivity contribution in [3.8, 4) is 0 Å². The van der Waals surface area contributed by atoms with Crippen LogP contribution in [-0.4, -0.2) is 20.5 Å². The van der Waals surface area contributed by atoms with Crippen molar-refractivity contribution in [3.63, 3.8) is 0 Å². The average molecular weight is 350 g/mol. The average Bonchev–Trinajstić information content (AvgIpc) is 2.47. The Labute approximate surface area is 132 Å². The minimum atomic E-state index is -4.66. The van der Waals surface area contributed by atoms with Gasteiger partial charge in [-0.25, -0.2) is 17.9 Å². The van der Waals surface area contributed by atoms with Gasteiger partial charge in [0.1, 0.15) is 0 Å². The van der Waals surface area contributed by atoms with Crippen molar-refractivity contribution in [3.05, 3.63) is 29.8 Å². The zero-order chi connectivity index (χ0) is 17.1. The molecule has 1 fully saturated rings. The highest BCUT2D eigenvalue weighted by atomic mass is 32.2. The third-order valence-corrected chi connectivity index (χ3v) is 4.97. The highest BCUT2D eigenvalue weighted by Gasteiger charge is 2.32. The van der Waals surface area contributed by atoms with Crippen molar-refractivity contribution in [1.29, 1.82) is 0 Å². The largest absolute Gasteiger partial charge is 0.416 e. The first-order valence-electron chi connectivity index (χ1n) is 7.19. The van der Waals surface area contributed by atoms with Gasteiger partial charge in [-0.1, -0.05) is 25.3 Å². The van der Waals surface area contributed by atoms with E-state index in [1.54, 1.807) is 4.72 Å². The predicted molar refractivity (Wildman–Crippen MR) is 77.2 cm³/mol. The lowest BCUT2D eigenvalue weighted by Gasteiger charge is -2.22. The molecule has 1 aliphatic carbocycles. The molecule has 0 atom stereocenters. The van der Waals surface area contributed by atoms with E-state index in [-0.39, 0.29) is 6.04 Å². The molecule has 2 amide bonds. The molecule has 2 N–H and O–H groups in total. The predicted octanol–water partition coefficient (Wildman–Crippen LogP) is 3.03. The molecule has 0 unspecified atom stereocenters. The summed E-state index contributed by atoms with van der Waals surface area (Å²) < 4.78 is 63.7. The Morgan fingerprint density at radius 2 is 1.78 bits per heavy atom. The summed E-state index contributed by atoms with van der Waals surface area (Å²) in [6, 6.07) is 2.22. The maximum Gasteiger partial charge on any atom is 0.416 e. The standard InChI is InChI=1S/C14H17F3N2O3S/c15-14(16,17)10-5-4-8-12(9-10)23(21,22)19-13(20)18-11-6-2-1-3-7-11/h4-5,8-9,11H,1-3,6-7H2,(H2,18,19,20). The molecule has 2 rings (SSSR count). The monoisotopic (exact) mass is 350 g/mol. The summed E-state index contributed by atoms with van der Waals surface area (Å²) in [4.78, 5) is 11.2. The number of carbonyl (C=O) groups is 1. The first kappa shape index (κ1) is 17.6. The Morgan fingerprint density at radius 1 is 1.13 bits per heavy atom. The second kappa shape index (κ2) is 6.77. The van der Waals surface area contributed by atoms with Gasteiger partial charge in [-0.05, 0) is 31.0 Å². The first-order chi connectivity index (χ1) is 10.7. The van der Waals surface area contributed by atoms with Crippen molar-refractivity contribution < 1.29 is 26.4 Å². The molecule has 1 saturated carbocycles. The summed E-state index contributed by atoms with van der Waals surface area (Å²) in [5.41, 5.74) is -1.09. The number of benzene rings is 1. The molecule has 1 aromatic rings. The number of rotatable bonds is 3. The second-order valence-corrected chi connectivity index (χ2v) is 7.12. The highest BCUT2D eigenvalue weighted by Crippen LogP contribution is 2.30. The molecule has 128 valence electrons. The first-order valence-corrected chi connectivity index (χ1v) is 8.67. The van der Waals surface area contributed by atoms with E-state index in [9.17, 15) is 26.4 Å². The van der Waals surface area contributed by atoms with Gasteiger partial charge >= 0.3 is 12.2 Å². The Morgan fingerprint density at radius 3 is 2.39 bits per heavy atom. The van der Waals surface area contributed by atoms with Gasteiger partial charge in [-0.3, -0.25) is 0 Å². The van der Waals surface area contributed by atoms with Crippen LogP contribution in [0.1, 0.15) is 37.7 Å². The summed E-state index contributed by atoms with van der Waals surface area (Å²) >= 11 is 0. The lowest BCUT2D eigenvalue weighted by atomic mass is 9.96. The lowest BCUT2D eigenvalue weighted by molar-refractivity contribution is -0.137. The minimum absolute atomic E-state index is 0.111. The highest BCUT2D eigenvalue weighted by molar-refractivity contribution is 7.90. The molecule has 1 aromatic carbocycles. The van der Waals surface area contributed by atoms with Crippen LogP contribution in [0.15, 0.2) is 29.2 Å². The normalized spacial score (nSPS) is 16.8. The molecule has 5 nitrogen and oxygen atoms in total. The molecule has 0 aliphatic heterocycles. The van der Waals surface area contributed by atoms with Crippen LogP contribution in [0.5, 0.6) is 0 Å². The van der Waals surface area contributed by atoms with Crippen LogP contribution in [-0.2, 0) is 16.2 Å². The van der Waals surface area contributed by atoms with Crippen molar-refractivity contribution in [2.24, 2.45) is 0 Å². The minimum Gasteiger partial charge on any atom is -0.335 e. The molecule has 0 saturated heterocycles. The quantitative estimate of drug-likeness (QED) is 0.880. The van der Waals surface area contributed by atoms with Crippen LogP contribution in [0.25, 0.3) is 0 Å². The zero-order valence-corrected chi connectivity index (χ0v) is 13.0. The Bertz CT molecular complexity index is 668. The molecular formula is C14H17F3N2O3S. The number of hydrogen-bond acceptors (Lipinski definition) is 3. The van der Waals surface area contributed by atoms with Gasteiger partial charge in [0.25, 0.3) is 10.0 Å². The van der Waals surface area contributed by atoms with Crippen LogP contribution in [0, 0.1) is 0 Å². The Kier molecular flexibility index (Phi) is 5.18. The third kappa shape index (κ3) is 4.85. The maximum atomic E-state index is 12.6. The fourth-order valence-electron chi connectivity index (χ4n) is 2.48. The van der Waals surface area contributed by atoms with E-state index in [0.29, 0.717) is 6.07 Å². The van der Waals surface area contributed by atoms with Crippen LogP contribution in [0.4, 0.5) is 18.0 Å². The van der Waals surface area contributed by atoms with E-state index in [2.05, 4.69) is 5.32 Å². The van der Waals surface area contributed by atoms with Crippen LogP contribution in [0.3, 0.4) is 0 Å². The van der Waals surface area contributed by atoms with E-state index in [1.807, 2.05) is 0 Å². The van der Waals surface area contributed by atoms with Crippen LogP contribution >= 0.6 is 0 Å². The Hall–Kier alpha value is -1.77. The number of amides is 2. The van der Waals surface area contributed by atoms with Gasteiger partial charge in [-0.15, -0.1) is 0 Å². The fourth-order valence-corrected chi connectivity index (χ4v) is 3.44. The summed E-state index contributed by atoms with van der Waals surface area (Å²) in [5, 5.41) is 2.54. The summed E-state index contributed by atoms with van der Waals surface area (Å²) in [7, 11) is -4.36. The number of carbonyl (C=O) groups excluding carboxylic acids is 1. The van der Waals surface area contributed by atoms with Crippen molar-refractivity contribution in [1.82, 2.24) is 10.0 Å². The number of hydrogen-bond donors (Lipinski definition) is 2. The number of sulfonamides is 1. The Balaban J connectivity index is 2.07. The maximum absolute atomic E-state index is 12.6. The van der Waals surface area contributed by atoms with Crippen LogP contribution in [0.2, 0.25) is 0 Å². The van der Waals surface area contributed by atoms with Crippen molar-refractivity contribution in [2.45, 2.75) is 49.2 Å². The molecule has 1 aliphatic rings. The van der Waals surface area contributed by atoms with E-state index in [1.165, 1.54) is 0 Å². The number of nitrogens with one attached hydrogen (secondary N) is 2. The van der Waals surface area contributed by atoms with E-state index in [4.69, 9.17) is 0 Å². The molecule has 0 heterocycles. The van der Waals surface area contributed by atoms with E-state index >= 15 is 0 Å². The molecule has 0 radical (unpaired) electrons. The summed E-state index contributed by atoms with van der Waals surface area (Å²) in [6.45, 7) is 0. The number of alkyl halides is 3. The van der Waals surface area contributed by atoms with Gasteiger partial charge in [-0.2, -0.15) is 13.2 Å². The molecular weight excluding hydrogens is 333 g/mol. The third-order valence-electron chi connectivity index (χ3n) is 3.64. The lowest BCUT2D eigenvalue weighted by Crippen LogP contribution is -2.45. The summed E-state index contributed by atoms with van der Waals surface area (Å²) in [5.74, 6) is 0. The van der Waals surface area contributed by atoms with Crippen LogP contribution < -0.4 is 10.0 Å². The van der Waals surface area contributed by atoms with Crippen molar-refractivity contribution >= 4 is 16.1 Å². The van der Waals surface area contributed by atoms with Gasteiger partial charge in [0.2, 0.25) is 0 Å². The number of urea groups is 1. The SMILES string of the molecule is O=C(NC1CCCCC1)NS(=O)(=O)c1cccc(C(F)(F)F)c1. The van der Waals surface area contributed by atoms with Crippen molar-refractivity contribution in [2.75, 3.05) is 0 Å². The fraction of sp³-hybridized carbons (Fsp3) is 0.500. The molecule has 23 heavy (non-hydrogen) atoms. The van der Waals surface area contributed by atoms with Gasteiger partial charge in [0.15, 0.2) is 0 Å². The van der Waals surface area contributed by atoms with Gasteiger partial charge in [0.05, 0.1) is 10.5 Å². The molecule has 0 aromatic heterocycles.